The van der Waals surface area contributed by atoms with E-state index in [4.69, 9.17) is 0 Å². The van der Waals surface area contributed by atoms with E-state index in [1.165, 1.54) is 0 Å². The molecule has 3 rings (SSSR count). The Balaban J connectivity index is 2.11. The van der Waals surface area contributed by atoms with Crippen molar-refractivity contribution < 1.29 is 14.7 Å². The van der Waals surface area contributed by atoms with E-state index >= 15 is 0 Å². The summed E-state index contributed by atoms with van der Waals surface area (Å²) in [6.07, 6.45) is 0.382. The molecular weight excluding hydrogens is 270 g/mol. The first-order chi connectivity index (χ1) is 10.1. The molecule has 0 bridgehead atoms. The second-order valence-electron chi connectivity index (χ2n) is 4.94. The predicted molar refractivity (Wildman–Crippen MR) is 78.5 cm³/mol. The van der Waals surface area contributed by atoms with Crippen molar-refractivity contribution in [3.05, 3.63) is 36.0 Å². The highest BCUT2D eigenvalue weighted by Gasteiger charge is 2.19. The third kappa shape index (κ3) is 2.65. The molecule has 2 heterocycles. The number of fused-ring (bicyclic) bond motifs is 1. The highest BCUT2D eigenvalue weighted by atomic mass is 16.4. The van der Waals surface area contributed by atoms with Crippen LogP contribution in [0.25, 0.3) is 10.8 Å². The minimum Gasteiger partial charge on any atom is -0.477 e. The zero-order chi connectivity index (χ0) is 14.8. The van der Waals surface area contributed by atoms with Gasteiger partial charge in [0.25, 0.3) is 0 Å². The van der Waals surface area contributed by atoms with E-state index in [9.17, 15) is 14.7 Å². The van der Waals surface area contributed by atoms with Crippen LogP contribution < -0.4 is 10.2 Å². The zero-order valence-corrected chi connectivity index (χ0v) is 11.4. The highest BCUT2D eigenvalue weighted by molar-refractivity contribution is 5.98. The highest BCUT2D eigenvalue weighted by Crippen LogP contribution is 2.26. The summed E-state index contributed by atoms with van der Waals surface area (Å²) in [4.78, 5) is 28.9. The quantitative estimate of drug-likeness (QED) is 0.868. The number of nitrogens with one attached hydrogen (secondary N) is 1. The van der Waals surface area contributed by atoms with Crippen LogP contribution in [0.2, 0.25) is 0 Å². The number of carboxylic acids is 1. The van der Waals surface area contributed by atoms with Crippen LogP contribution in [0.5, 0.6) is 0 Å². The Kier molecular flexibility index (Phi) is 3.43. The van der Waals surface area contributed by atoms with Gasteiger partial charge in [0.1, 0.15) is 5.82 Å². The summed E-state index contributed by atoms with van der Waals surface area (Å²) < 4.78 is 0. The van der Waals surface area contributed by atoms with Crippen molar-refractivity contribution in [2.24, 2.45) is 0 Å². The number of rotatable bonds is 2. The molecule has 0 unspecified atom stereocenters. The van der Waals surface area contributed by atoms with Gasteiger partial charge in [-0.3, -0.25) is 4.79 Å². The van der Waals surface area contributed by atoms with Crippen LogP contribution in [-0.2, 0) is 4.79 Å². The van der Waals surface area contributed by atoms with E-state index < -0.39 is 5.97 Å². The number of pyridine rings is 1. The first-order valence-electron chi connectivity index (χ1n) is 6.80. The molecule has 1 saturated heterocycles. The molecule has 2 N–H and O–H groups in total. The van der Waals surface area contributed by atoms with E-state index in [-0.39, 0.29) is 11.6 Å². The molecule has 1 aliphatic heterocycles. The standard InChI is InChI=1S/C15H15N3O3/c19-13-5-7-18(8-6-16-13)14-11-4-2-1-3-10(11)9-12(17-14)15(20)21/h1-4,9H,5-8H2,(H,16,19)(H,20,21). The number of carbonyl (C=O) groups is 2. The Bertz CT molecular complexity index is 714. The molecule has 21 heavy (non-hydrogen) atoms. The number of aromatic carboxylic acids is 1. The molecule has 0 spiro atoms. The van der Waals surface area contributed by atoms with Crippen molar-refractivity contribution in [2.45, 2.75) is 6.42 Å². The average molecular weight is 285 g/mol. The molecule has 1 aromatic carbocycles. The number of aromatic nitrogens is 1. The Morgan fingerprint density at radius 1 is 1.29 bits per heavy atom. The third-order valence-corrected chi connectivity index (χ3v) is 3.55. The largest absolute Gasteiger partial charge is 0.477 e. The number of carbonyl (C=O) groups excluding carboxylic acids is 1. The van der Waals surface area contributed by atoms with E-state index in [0.29, 0.717) is 31.9 Å². The maximum absolute atomic E-state index is 11.4. The van der Waals surface area contributed by atoms with Crippen LogP contribution in [0, 0.1) is 0 Å². The van der Waals surface area contributed by atoms with Crippen LogP contribution in [-0.4, -0.2) is 41.6 Å². The second-order valence-corrected chi connectivity index (χ2v) is 4.94. The number of hydrogen-bond acceptors (Lipinski definition) is 4. The Morgan fingerprint density at radius 3 is 2.90 bits per heavy atom. The van der Waals surface area contributed by atoms with E-state index in [1.807, 2.05) is 29.2 Å². The van der Waals surface area contributed by atoms with E-state index in [1.54, 1.807) is 6.07 Å². The smallest absolute Gasteiger partial charge is 0.354 e. The molecular formula is C15H15N3O3. The molecule has 1 amide bonds. The van der Waals surface area contributed by atoms with Gasteiger partial charge < -0.3 is 15.3 Å². The molecule has 0 saturated carbocycles. The molecule has 6 heteroatoms. The lowest BCUT2D eigenvalue weighted by Crippen LogP contribution is -2.29. The number of anilines is 1. The SMILES string of the molecule is O=C1CCN(c2nc(C(=O)O)cc3ccccc23)CCN1. The lowest BCUT2D eigenvalue weighted by molar-refractivity contribution is -0.120. The van der Waals surface area contributed by atoms with Crippen LogP contribution >= 0.6 is 0 Å². The maximum Gasteiger partial charge on any atom is 0.354 e. The molecule has 108 valence electrons. The minimum atomic E-state index is -1.05. The van der Waals surface area contributed by atoms with Crippen molar-refractivity contribution in [1.82, 2.24) is 10.3 Å². The van der Waals surface area contributed by atoms with Crippen molar-refractivity contribution in [1.29, 1.82) is 0 Å². The summed E-state index contributed by atoms with van der Waals surface area (Å²) in [5.41, 5.74) is 0.0206. The van der Waals surface area contributed by atoms with Gasteiger partial charge in [0.15, 0.2) is 5.69 Å². The molecule has 2 aromatic rings. The van der Waals surface area contributed by atoms with Gasteiger partial charge >= 0.3 is 5.97 Å². The van der Waals surface area contributed by atoms with Gasteiger partial charge in [0.05, 0.1) is 0 Å². The Labute approximate surface area is 121 Å². The van der Waals surface area contributed by atoms with Gasteiger partial charge in [0, 0.05) is 31.4 Å². The Hall–Kier alpha value is -2.63. The van der Waals surface area contributed by atoms with Crippen molar-refractivity contribution in [2.75, 3.05) is 24.5 Å². The van der Waals surface area contributed by atoms with Crippen LogP contribution in [0.1, 0.15) is 16.9 Å². The van der Waals surface area contributed by atoms with Gasteiger partial charge in [0.2, 0.25) is 5.91 Å². The number of amides is 1. The summed E-state index contributed by atoms with van der Waals surface area (Å²) in [6.45, 7) is 1.68. The summed E-state index contributed by atoms with van der Waals surface area (Å²) in [7, 11) is 0. The van der Waals surface area contributed by atoms with Gasteiger partial charge in [-0.25, -0.2) is 9.78 Å². The lowest BCUT2D eigenvalue weighted by atomic mass is 10.1. The maximum atomic E-state index is 11.4. The number of carboxylic acid groups (broad SMARTS) is 1. The average Bonchev–Trinajstić information content (AvgIpc) is 2.70. The fraction of sp³-hybridized carbons (Fsp3) is 0.267. The van der Waals surface area contributed by atoms with Gasteiger partial charge in [-0.15, -0.1) is 0 Å². The second kappa shape index (κ2) is 5.40. The summed E-state index contributed by atoms with van der Waals surface area (Å²) in [5.74, 6) is -0.413. The molecule has 1 fully saturated rings. The molecule has 1 aliphatic rings. The lowest BCUT2D eigenvalue weighted by Gasteiger charge is -2.22. The van der Waals surface area contributed by atoms with Gasteiger partial charge in [-0.2, -0.15) is 0 Å². The third-order valence-electron chi connectivity index (χ3n) is 3.55. The molecule has 0 radical (unpaired) electrons. The topological polar surface area (TPSA) is 82.5 Å². The molecule has 1 aromatic heterocycles. The van der Waals surface area contributed by atoms with Gasteiger partial charge in [-0.1, -0.05) is 24.3 Å². The van der Waals surface area contributed by atoms with Crippen molar-refractivity contribution in [3.63, 3.8) is 0 Å². The molecule has 6 nitrogen and oxygen atoms in total. The zero-order valence-electron chi connectivity index (χ0n) is 11.4. The number of hydrogen-bond donors (Lipinski definition) is 2. The van der Waals surface area contributed by atoms with E-state index in [0.717, 1.165) is 10.8 Å². The van der Waals surface area contributed by atoms with Crippen LogP contribution in [0.3, 0.4) is 0 Å². The summed E-state index contributed by atoms with van der Waals surface area (Å²) in [5, 5.41) is 13.8. The van der Waals surface area contributed by atoms with E-state index in [2.05, 4.69) is 10.3 Å². The first kappa shape index (κ1) is 13.4. The molecule has 0 aliphatic carbocycles. The minimum absolute atomic E-state index is 0.0104. The summed E-state index contributed by atoms with van der Waals surface area (Å²) in [6, 6.07) is 9.13. The fourth-order valence-electron chi connectivity index (χ4n) is 2.51. The first-order valence-corrected chi connectivity index (χ1v) is 6.80. The Morgan fingerprint density at radius 2 is 2.10 bits per heavy atom. The summed E-state index contributed by atoms with van der Waals surface area (Å²) >= 11 is 0. The molecule has 0 atom stereocenters. The van der Waals surface area contributed by atoms with Crippen LogP contribution in [0.4, 0.5) is 5.82 Å². The number of benzene rings is 1. The fourth-order valence-corrected chi connectivity index (χ4v) is 2.51. The van der Waals surface area contributed by atoms with Crippen molar-refractivity contribution in [3.8, 4) is 0 Å². The van der Waals surface area contributed by atoms with Gasteiger partial charge in [-0.05, 0) is 11.5 Å². The van der Waals surface area contributed by atoms with Crippen LogP contribution in [0.15, 0.2) is 30.3 Å². The predicted octanol–water partition coefficient (Wildman–Crippen LogP) is 1.26. The number of nitrogens with zero attached hydrogens (tertiary/aromatic N) is 2. The monoisotopic (exact) mass is 285 g/mol. The normalized spacial score (nSPS) is 15.6. The van der Waals surface area contributed by atoms with Crippen molar-refractivity contribution >= 4 is 28.5 Å².